The average molecular weight is 334 g/mol. The minimum absolute atomic E-state index is 0.263. The van der Waals surface area contributed by atoms with Gasteiger partial charge in [-0.2, -0.15) is 5.10 Å². The van der Waals surface area contributed by atoms with Crippen molar-refractivity contribution in [1.29, 1.82) is 0 Å². The first kappa shape index (κ1) is 15.4. The lowest BCUT2D eigenvalue weighted by molar-refractivity contribution is -0.111. The maximum Gasteiger partial charge on any atom is 0.248 e. The van der Waals surface area contributed by atoms with E-state index in [-0.39, 0.29) is 5.91 Å². The van der Waals surface area contributed by atoms with E-state index in [1.54, 1.807) is 36.0 Å². The van der Waals surface area contributed by atoms with Crippen molar-refractivity contribution in [2.45, 2.75) is 6.92 Å². The van der Waals surface area contributed by atoms with Crippen molar-refractivity contribution in [1.82, 2.24) is 9.78 Å². The number of halogens is 1. The van der Waals surface area contributed by atoms with Gasteiger partial charge >= 0.3 is 0 Å². The summed E-state index contributed by atoms with van der Waals surface area (Å²) in [7, 11) is 1.75. The van der Waals surface area contributed by atoms with Crippen molar-refractivity contribution < 1.29 is 14.3 Å². The molecule has 1 aromatic heterocycles. The van der Waals surface area contributed by atoms with Crippen LogP contribution >= 0.6 is 11.6 Å². The van der Waals surface area contributed by atoms with Crippen LogP contribution in [0.5, 0.6) is 11.5 Å². The van der Waals surface area contributed by atoms with Crippen LogP contribution < -0.4 is 14.8 Å². The molecule has 0 radical (unpaired) electrons. The number of benzene rings is 1. The standard InChI is InChI=1S/C16H16ClN3O3/c1-10-12(16(17)20(2)19-10)4-6-15(21)18-11-3-5-13-14(9-11)23-8-7-22-13/h3-6,9H,7-8H2,1-2H3,(H,18,21)/b6-4+. The third kappa shape index (κ3) is 3.32. The molecule has 0 saturated heterocycles. The fourth-order valence-corrected chi connectivity index (χ4v) is 2.54. The van der Waals surface area contributed by atoms with E-state index in [1.807, 2.05) is 6.92 Å². The number of ether oxygens (including phenoxy) is 2. The van der Waals surface area contributed by atoms with Crippen LogP contribution in [0.3, 0.4) is 0 Å². The van der Waals surface area contributed by atoms with Crippen molar-refractivity contribution in [2.75, 3.05) is 18.5 Å². The second kappa shape index (κ2) is 6.34. The molecule has 23 heavy (non-hydrogen) atoms. The highest BCUT2D eigenvalue weighted by Crippen LogP contribution is 2.32. The van der Waals surface area contributed by atoms with E-state index >= 15 is 0 Å². The molecule has 0 saturated carbocycles. The lowest BCUT2D eigenvalue weighted by Crippen LogP contribution is -2.16. The Hall–Kier alpha value is -2.47. The van der Waals surface area contributed by atoms with Gasteiger partial charge in [0.25, 0.3) is 0 Å². The molecule has 1 amide bonds. The van der Waals surface area contributed by atoms with Gasteiger partial charge in [-0.25, -0.2) is 0 Å². The Morgan fingerprint density at radius 3 is 2.78 bits per heavy atom. The number of anilines is 1. The van der Waals surface area contributed by atoms with Crippen molar-refractivity contribution in [2.24, 2.45) is 7.05 Å². The van der Waals surface area contributed by atoms with E-state index < -0.39 is 0 Å². The largest absolute Gasteiger partial charge is 0.486 e. The minimum atomic E-state index is -0.263. The molecule has 3 rings (SSSR count). The fraction of sp³-hybridized carbons (Fsp3) is 0.250. The molecule has 1 aliphatic heterocycles. The number of amides is 1. The molecule has 0 fully saturated rings. The second-order valence-electron chi connectivity index (χ2n) is 5.09. The zero-order chi connectivity index (χ0) is 16.4. The summed E-state index contributed by atoms with van der Waals surface area (Å²) in [5.74, 6) is 1.05. The molecule has 120 valence electrons. The highest BCUT2D eigenvalue weighted by Gasteiger charge is 2.12. The first-order valence-corrected chi connectivity index (χ1v) is 7.50. The van der Waals surface area contributed by atoms with Crippen LogP contribution in [0.15, 0.2) is 24.3 Å². The molecule has 0 bridgehead atoms. The van der Waals surface area contributed by atoms with Crippen LogP contribution in [0.1, 0.15) is 11.3 Å². The van der Waals surface area contributed by atoms with Crippen LogP contribution in [-0.2, 0) is 11.8 Å². The van der Waals surface area contributed by atoms with Gasteiger partial charge < -0.3 is 14.8 Å². The Morgan fingerprint density at radius 1 is 1.35 bits per heavy atom. The summed E-state index contributed by atoms with van der Waals surface area (Å²) in [6.45, 7) is 2.88. The number of hydrogen-bond acceptors (Lipinski definition) is 4. The molecule has 1 N–H and O–H groups in total. The lowest BCUT2D eigenvalue weighted by atomic mass is 10.2. The maximum absolute atomic E-state index is 12.0. The van der Waals surface area contributed by atoms with Gasteiger partial charge in [-0.3, -0.25) is 9.48 Å². The molecule has 1 aliphatic rings. The van der Waals surface area contributed by atoms with E-state index in [0.717, 1.165) is 11.3 Å². The molecule has 6 nitrogen and oxygen atoms in total. The van der Waals surface area contributed by atoms with Crippen LogP contribution in [0.25, 0.3) is 6.08 Å². The highest BCUT2D eigenvalue weighted by atomic mass is 35.5. The van der Waals surface area contributed by atoms with E-state index in [2.05, 4.69) is 10.4 Å². The van der Waals surface area contributed by atoms with Crippen LogP contribution in [0.2, 0.25) is 5.15 Å². The van der Waals surface area contributed by atoms with Gasteiger partial charge in [-0.15, -0.1) is 0 Å². The zero-order valence-electron chi connectivity index (χ0n) is 12.8. The van der Waals surface area contributed by atoms with Gasteiger partial charge in [0, 0.05) is 30.4 Å². The minimum Gasteiger partial charge on any atom is -0.486 e. The van der Waals surface area contributed by atoms with Gasteiger partial charge in [0.1, 0.15) is 18.4 Å². The predicted octanol–water partition coefficient (Wildman–Crippen LogP) is 2.81. The van der Waals surface area contributed by atoms with Crippen molar-refractivity contribution in [3.63, 3.8) is 0 Å². The Balaban J connectivity index is 1.71. The summed E-state index contributed by atoms with van der Waals surface area (Å²) in [4.78, 5) is 12.0. The van der Waals surface area contributed by atoms with Gasteiger partial charge in [0.05, 0.1) is 5.69 Å². The molecular formula is C16H16ClN3O3. The number of aromatic nitrogens is 2. The SMILES string of the molecule is Cc1nn(C)c(Cl)c1/C=C/C(=O)Nc1ccc2c(c1)OCCO2. The Labute approximate surface area is 138 Å². The maximum atomic E-state index is 12.0. The molecule has 0 unspecified atom stereocenters. The smallest absolute Gasteiger partial charge is 0.248 e. The number of carbonyl (C=O) groups is 1. The number of fused-ring (bicyclic) bond motifs is 1. The first-order valence-electron chi connectivity index (χ1n) is 7.12. The summed E-state index contributed by atoms with van der Waals surface area (Å²) >= 11 is 6.12. The number of rotatable bonds is 3. The highest BCUT2D eigenvalue weighted by molar-refractivity contribution is 6.31. The van der Waals surface area contributed by atoms with Gasteiger partial charge in [-0.1, -0.05) is 11.6 Å². The molecule has 2 heterocycles. The Bertz CT molecular complexity index is 783. The predicted molar refractivity (Wildman–Crippen MR) is 88.1 cm³/mol. The summed E-state index contributed by atoms with van der Waals surface area (Å²) in [5.41, 5.74) is 2.13. The molecular weight excluding hydrogens is 318 g/mol. The van der Waals surface area contributed by atoms with E-state index in [0.29, 0.717) is 35.6 Å². The van der Waals surface area contributed by atoms with Gasteiger partial charge in [0.15, 0.2) is 11.5 Å². The molecule has 0 atom stereocenters. The topological polar surface area (TPSA) is 65.4 Å². The lowest BCUT2D eigenvalue weighted by Gasteiger charge is -2.18. The van der Waals surface area contributed by atoms with Crippen LogP contribution in [0, 0.1) is 6.92 Å². The van der Waals surface area contributed by atoms with Crippen molar-refractivity contribution in [3.8, 4) is 11.5 Å². The summed E-state index contributed by atoms with van der Waals surface area (Å²) in [6.07, 6.45) is 3.07. The number of carbonyl (C=O) groups excluding carboxylic acids is 1. The summed E-state index contributed by atoms with van der Waals surface area (Å²) < 4.78 is 12.5. The summed E-state index contributed by atoms with van der Waals surface area (Å²) in [5, 5.41) is 7.46. The van der Waals surface area contributed by atoms with Gasteiger partial charge in [0.2, 0.25) is 5.91 Å². The molecule has 2 aromatic rings. The average Bonchev–Trinajstić information content (AvgIpc) is 2.78. The zero-order valence-corrected chi connectivity index (χ0v) is 13.6. The quantitative estimate of drug-likeness (QED) is 0.877. The van der Waals surface area contributed by atoms with E-state index in [1.165, 1.54) is 6.08 Å². The van der Waals surface area contributed by atoms with Crippen LogP contribution in [0.4, 0.5) is 5.69 Å². The third-order valence-electron chi connectivity index (χ3n) is 3.41. The molecule has 0 spiro atoms. The fourth-order valence-electron chi connectivity index (χ4n) is 2.30. The summed E-state index contributed by atoms with van der Waals surface area (Å²) in [6, 6.07) is 5.28. The number of nitrogens with zero attached hydrogens (tertiary/aromatic N) is 2. The molecule has 1 aromatic carbocycles. The van der Waals surface area contributed by atoms with Gasteiger partial charge in [-0.05, 0) is 25.1 Å². The van der Waals surface area contributed by atoms with Crippen molar-refractivity contribution >= 4 is 29.3 Å². The van der Waals surface area contributed by atoms with Crippen molar-refractivity contribution in [3.05, 3.63) is 40.7 Å². The third-order valence-corrected chi connectivity index (χ3v) is 3.86. The monoisotopic (exact) mass is 333 g/mol. The Kier molecular flexibility index (Phi) is 4.25. The number of hydrogen-bond donors (Lipinski definition) is 1. The number of nitrogens with one attached hydrogen (secondary N) is 1. The molecule has 0 aliphatic carbocycles. The van der Waals surface area contributed by atoms with E-state index in [4.69, 9.17) is 21.1 Å². The van der Waals surface area contributed by atoms with Crippen LogP contribution in [-0.4, -0.2) is 28.9 Å². The second-order valence-corrected chi connectivity index (χ2v) is 5.45. The normalized spacial score (nSPS) is 13.3. The first-order chi connectivity index (χ1) is 11.0. The Morgan fingerprint density at radius 2 is 2.09 bits per heavy atom. The van der Waals surface area contributed by atoms with E-state index in [9.17, 15) is 4.79 Å². The number of aryl methyl sites for hydroxylation is 2. The molecule has 7 heteroatoms.